The van der Waals surface area contributed by atoms with Gasteiger partial charge in [0.05, 0.1) is 0 Å². The molecule has 0 amide bonds. The molecule has 4 nitrogen and oxygen atoms in total. The van der Waals surface area contributed by atoms with Crippen LogP contribution in [0.5, 0.6) is 5.75 Å². The molecule has 2 atom stereocenters. The number of nitrogens with one attached hydrogen (secondary N) is 1. The molecule has 2 unspecified atom stereocenters. The van der Waals surface area contributed by atoms with Crippen molar-refractivity contribution in [2.75, 3.05) is 0 Å². The molecule has 0 spiro atoms. The summed E-state index contributed by atoms with van der Waals surface area (Å²) in [6.07, 6.45) is 6.17. The standard InChI is InChI=1S/C17H18BrNO3.ClH/c18-15-6-10-4-5-13(9-16(10)22-17(15)20)21-14-7-11-2-1-3-12(8-14)19-11;/h4-6,9,11-12,14,19H,1-3,7-8H2;1H. The van der Waals surface area contributed by atoms with E-state index in [1.165, 1.54) is 19.3 Å². The zero-order chi connectivity index (χ0) is 15.1. The molecule has 2 saturated heterocycles. The largest absolute Gasteiger partial charge is 0.490 e. The topological polar surface area (TPSA) is 51.5 Å². The molecule has 23 heavy (non-hydrogen) atoms. The van der Waals surface area contributed by atoms with Gasteiger partial charge in [0, 0.05) is 23.5 Å². The van der Waals surface area contributed by atoms with E-state index in [-0.39, 0.29) is 24.1 Å². The summed E-state index contributed by atoms with van der Waals surface area (Å²) < 4.78 is 11.9. The highest BCUT2D eigenvalue weighted by Gasteiger charge is 2.32. The van der Waals surface area contributed by atoms with E-state index < -0.39 is 0 Å². The van der Waals surface area contributed by atoms with Crippen LogP contribution in [0, 0.1) is 0 Å². The molecule has 0 aliphatic carbocycles. The summed E-state index contributed by atoms with van der Waals surface area (Å²) in [5.41, 5.74) is 0.209. The van der Waals surface area contributed by atoms with E-state index in [0.29, 0.717) is 22.1 Å². The summed E-state index contributed by atoms with van der Waals surface area (Å²) >= 11 is 3.20. The highest BCUT2D eigenvalue weighted by atomic mass is 79.9. The Bertz CT molecular complexity index is 751. The number of ether oxygens (including phenoxy) is 1. The van der Waals surface area contributed by atoms with E-state index in [1.807, 2.05) is 18.2 Å². The fourth-order valence-electron chi connectivity index (χ4n) is 3.64. The Kier molecular flexibility index (Phi) is 4.99. The second kappa shape index (κ2) is 6.83. The first kappa shape index (κ1) is 16.8. The van der Waals surface area contributed by atoms with Crippen LogP contribution >= 0.6 is 28.3 Å². The minimum atomic E-state index is -0.360. The van der Waals surface area contributed by atoms with Crippen LogP contribution in [-0.4, -0.2) is 18.2 Å². The molecule has 6 heteroatoms. The van der Waals surface area contributed by atoms with Crippen LogP contribution in [0.3, 0.4) is 0 Å². The summed E-state index contributed by atoms with van der Waals surface area (Å²) in [5.74, 6) is 0.781. The minimum absolute atomic E-state index is 0. The fraction of sp³-hybridized carbons (Fsp3) is 0.471. The number of halogens is 2. The van der Waals surface area contributed by atoms with Crippen LogP contribution in [0.2, 0.25) is 0 Å². The third-order valence-electron chi connectivity index (χ3n) is 4.64. The molecule has 3 heterocycles. The molecular weight excluding hydrogens is 382 g/mol. The van der Waals surface area contributed by atoms with Crippen LogP contribution < -0.4 is 15.7 Å². The van der Waals surface area contributed by atoms with Crippen LogP contribution in [0.1, 0.15) is 32.1 Å². The van der Waals surface area contributed by atoms with Crippen molar-refractivity contribution in [3.63, 3.8) is 0 Å². The zero-order valence-electron chi connectivity index (χ0n) is 12.6. The van der Waals surface area contributed by atoms with Gasteiger partial charge in [-0.2, -0.15) is 0 Å². The van der Waals surface area contributed by atoms with E-state index in [4.69, 9.17) is 9.15 Å². The van der Waals surface area contributed by atoms with Crippen LogP contribution in [0.25, 0.3) is 11.0 Å². The SMILES string of the molecule is Cl.O=c1oc2cc(OC3CC4CCCC(C3)N4)ccc2cc1Br. The van der Waals surface area contributed by atoms with Crippen LogP contribution in [0.4, 0.5) is 0 Å². The first-order chi connectivity index (χ1) is 10.7. The molecule has 1 aromatic heterocycles. The number of hydrogen-bond acceptors (Lipinski definition) is 4. The lowest BCUT2D eigenvalue weighted by Crippen LogP contribution is -2.51. The minimum Gasteiger partial charge on any atom is -0.490 e. The van der Waals surface area contributed by atoms with Crippen molar-refractivity contribution < 1.29 is 9.15 Å². The quantitative estimate of drug-likeness (QED) is 0.773. The number of rotatable bonds is 2. The molecule has 124 valence electrons. The second-order valence-corrected chi connectivity index (χ2v) is 7.14. The summed E-state index contributed by atoms with van der Waals surface area (Å²) in [6.45, 7) is 0. The van der Waals surface area contributed by atoms with Crippen LogP contribution in [-0.2, 0) is 0 Å². The van der Waals surface area contributed by atoms with E-state index in [1.54, 1.807) is 6.07 Å². The first-order valence-corrected chi connectivity index (χ1v) is 8.63. The van der Waals surface area contributed by atoms with Gasteiger partial charge in [-0.15, -0.1) is 12.4 Å². The normalized spacial score (nSPS) is 26.6. The van der Waals surface area contributed by atoms with Gasteiger partial charge in [-0.05, 0) is 59.8 Å². The highest BCUT2D eigenvalue weighted by Crippen LogP contribution is 2.30. The van der Waals surface area contributed by atoms with Crippen molar-refractivity contribution >= 4 is 39.3 Å². The van der Waals surface area contributed by atoms with Gasteiger partial charge in [0.25, 0.3) is 0 Å². The Balaban J connectivity index is 0.00000156. The molecule has 2 aliphatic heterocycles. The monoisotopic (exact) mass is 399 g/mol. The maximum absolute atomic E-state index is 11.6. The van der Waals surface area contributed by atoms with Crippen molar-refractivity contribution in [3.8, 4) is 5.75 Å². The lowest BCUT2D eigenvalue weighted by Gasteiger charge is -2.40. The Morgan fingerprint density at radius 2 is 1.91 bits per heavy atom. The average molecular weight is 401 g/mol. The second-order valence-electron chi connectivity index (χ2n) is 6.28. The summed E-state index contributed by atoms with van der Waals surface area (Å²) in [5, 5.41) is 4.56. The first-order valence-electron chi connectivity index (χ1n) is 7.83. The zero-order valence-corrected chi connectivity index (χ0v) is 15.0. The predicted octanol–water partition coefficient (Wildman–Crippen LogP) is 4.03. The summed E-state index contributed by atoms with van der Waals surface area (Å²) in [4.78, 5) is 11.6. The maximum atomic E-state index is 11.6. The van der Waals surface area contributed by atoms with Gasteiger partial charge in [-0.1, -0.05) is 6.42 Å². The Morgan fingerprint density at radius 3 is 2.65 bits per heavy atom. The highest BCUT2D eigenvalue weighted by molar-refractivity contribution is 9.10. The maximum Gasteiger partial charge on any atom is 0.350 e. The van der Waals surface area contributed by atoms with Gasteiger partial charge in [-0.3, -0.25) is 0 Å². The Labute approximate surface area is 149 Å². The molecule has 1 aromatic carbocycles. The number of fused-ring (bicyclic) bond motifs is 3. The predicted molar refractivity (Wildman–Crippen MR) is 95.6 cm³/mol. The van der Waals surface area contributed by atoms with Gasteiger partial charge in [0.2, 0.25) is 0 Å². The van der Waals surface area contributed by atoms with Gasteiger partial charge in [-0.25, -0.2) is 4.79 Å². The molecule has 4 rings (SSSR count). The Hall–Kier alpha value is -1.04. The van der Waals surface area contributed by atoms with Crippen LogP contribution in [0.15, 0.2) is 37.9 Å². The van der Waals surface area contributed by atoms with E-state index in [0.717, 1.165) is 24.0 Å². The van der Waals surface area contributed by atoms with Gasteiger partial charge in [0.15, 0.2) is 0 Å². The van der Waals surface area contributed by atoms with E-state index in [2.05, 4.69) is 21.2 Å². The van der Waals surface area contributed by atoms with Crippen molar-refractivity contribution in [3.05, 3.63) is 39.2 Å². The van der Waals surface area contributed by atoms with Gasteiger partial charge >= 0.3 is 5.63 Å². The lowest BCUT2D eigenvalue weighted by atomic mass is 9.85. The third-order valence-corrected chi connectivity index (χ3v) is 5.19. The number of piperidine rings is 2. The molecule has 2 bridgehead atoms. The lowest BCUT2D eigenvalue weighted by molar-refractivity contribution is 0.0928. The number of benzene rings is 1. The van der Waals surface area contributed by atoms with E-state index >= 15 is 0 Å². The molecule has 2 fully saturated rings. The smallest absolute Gasteiger partial charge is 0.350 e. The average Bonchev–Trinajstić information content (AvgIpc) is 2.48. The molecule has 0 saturated carbocycles. The van der Waals surface area contributed by atoms with Crippen molar-refractivity contribution in [2.24, 2.45) is 0 Å². The summed E-state index contributed by atoms with van der Waals surface area (Å²) in [6, 6.07) is 8.66. The molecule has 1 N–H and O–H groups in total. The third kappa shape index (κ3) is 3.57. The summed E-state index contributed by atoms with van der Waals surface area (Å²) in [7, 11) is 0. The van der Waals surface area contributed by atoms with Crippen molar-refractivity contribution in [2.45, 2.75) is 50.3 Å². The molecule has 0 radical (unpaired) electrons. The van der Waals surface area contributed by atoms with Gasteiger partial charge < -0.3 is 14.5 Å². The van der Waals surface area contributed by atoms with Crippen molar-refractivity contribution in [1.29, 1.82) is 0 Å². The molecule has 2 aliphatic rings. The number of hydrogen-bond donors (Lipinski definition) is 1. The van der Waals surface area contributed by atoms with E-state index in [9.17, 15) is 4.79 Å². The molecular formula is C17H19BrClNO3. The molecule has 2 aromatic rings. The fourth-order valence-corrected chi connectivity index (χ4v) is 3.97. The van der Waals surface area contributed by atoms with Gasteiger partial charge in [0.1, 0.15) is 21.9 Å². The Morgan fingerprint density at radius 1 is 1.17 bits per heavy atom. The van der Waals surface area contributed by atoms with Crippen molar-refractivity contribution in [1.82, 2.24) is 5.32 Å².